The van der Waals surface area contributed by atoms with Crippen LogP contribution >= 0.6 is 11.6 Å². The lowest BCUT2D eigenvalue weighted by atomic mass is 10.1. The Morgan fingerprint density at radius 2 is 1.92 bits per heavy atom. The van der Waals surface area contributed by atoms with Gasteiger partial charge in [0.15, 0.2) is 0 Å². The van der Waals surface area contributed by atoms with Crippen LogP contribution in [0.15, 0.2) is 55.0 Å². The molecule has 1 aromatic carbocycles. The second kappa shape index (κ2) is 7.67. The Morgan fingerprint density at radius 3 is 2.60 bits per heavy atom. The molecule has 0 fully saturated rings. The van der Waals surface area contributed by atoms with Crippen molar-refractivity contribution in [1.29, 1.82) is 0 Å². The molecule has 8 heteroatoms. The molecule has 2 aromatic heterocycles. The zero-order valence-corrected chi connectivity index (χ0v) is 13.7. The lowest BCUT2D eigenvalue weighted by Gasteiger charge is -2.09. The molecule has 0 aliphatic carbocycles. The van der Waals surface area contributed by atoms with Gasteiger partial charge in [-0.2, -0.15) is 0 Å². The summed E-state index contributed by atoms with van der Waals surface area (Å²) in [5, 5.41) is 5.59. The molecule has 3 aromatic rings. The number of rotatable bonds is 5. The minimum Gasteiger partial charge on any atom is -0.377 e. The van der Waals surface area contributed by atoms with Crippen LogP contribution in [0.4, 0.5) is 15.8 Å². The van der Waals surface area contributed by atoms with E-state index in [-0.39, 0.29) is 16.5 Å². The first-order valence-corrected chi connectivity index (χ1v) is 7.72. The predicted molar refractivity (Wildman–Crippen MR) is 93.0 cm³/mol. The van der Waals surface area contributed by atoms with Crippen LogP contribution in [-0.4, -0.2) is 20.9 Å². The van der Waals surface area contributed by atoms with Crippen LogP contribution in [0.3, 0.4) is 0 Å². The first-order valence-electron chi connectivity index (χ1n) is 7.34. The van der Waals surface area contributed by atoms with Gasteiger partial charge in [0.1, 0.15) is 5.82 Å². The maximum Gasteiger partial charge on any atom is 0.255 e. The molecule has 0 atom stereocenters. The third-order valence-electron chi connectivity index (χ3n) is 3.30. The molecule has 0 aliphatic rings. The first-order chi connectivity index (χ1) is 12.1. The van der Waals surface area contributed by atoms with Gasteiger partial charge in [-0.1, -0.05) is 6.07 Å². The van der Waals surface area contributed by atoms with Crippen LogP contribution < -0.4 is 10.6 Å². The van der Waals surface area contributed by atoms with E-state index < -0.39 is 11.7 Å². The minimum absolute atomic E-state index is 0.0763. The second-order valence-electron chi connectivity index (χ2n) is 5.06. The zero-order chi connectivity index (χ0) is 17.6. The number of amides is 1. The van der Waals surface area contributed by atoms with Crippen molar-refractivity contribution in [3.63, 3.8) is 0 Å². The maximum absolute atomic E-state index is 14.2. The number of benzene rings is 1. The highest BCUT2D eigenvalue weighted by Gasteiger charge is 2.11. The van der Waals surface area contributed by atoms with Gasteiger partial charge in [-0.05, 0) is 41.9 Å². The molecule has 0 aliphatic heterocycles. The van der Waals surface area contributed by atoms with Crippen molar-refractivity contribution in [2.75, 3.05) is 10.6 Å². The van der Waals surface area contributed by atoms with E-state index in [4.69, 9.17) is 11.6 Å². The van der Waals surface area contributed by atoms with Gasteiger partial charge in [0, 0.05) is 11.8 Å². The fourth-order valence-corrected chi connectivity index (χ4v) is 2.17. The normalized spacial score (nSPS) is 10.3. The lowest BCUT2D eigenvalue weighted by Crippen LogP contribution is -2.13. The number of anilines is 2. The lowest BCUT2D eigenvalue weighted by molar-refractivity contribution is 0.102. The van der Waals surface area contributed by atoms with E-state index in [0.717, 1.165) is 11.8 Å². The van der Waals surface area contributed by atoms with E-state index in [9.17, 15) is 9.18 Å². The highest BCUT2D eigenvalue weighted by molar-refractivity contribution is 6.28. The summed E-state index contributed by atoms with van der Waals surface area (Å²) in [5.74, 6) is -1.00. The van der Waals surface area contributed by atoms with Crippen molar-refractivity contribution in [2.45, 2.75) is 6.54 Å². The fraction of sp³-hybridized carbons (Fsp3) is 0.0588. The standard InChI is InChI=1S/C17H13ClFN5O/c18-17-22-9-13(10-23-17)24-16(25)11-4-5-15(14(19)7-11)21-8-12-3-1-2-6-20-12/h1-7,9-10,21H,8H2,(H,24,25). The molecule has 1 amide bonds. The predicted octanol–water partition coefficient (Wildman–Crippen LogP) is 3.53. The SMILES string of the molecule is O=C(Nc1cnc(Cl)nc1)c1ccc(NCc2ccccn2)c(F)c1. The van der Waals surface area contributed by atoms with Gasteiger partial charge in [0.2, 0.25) is 5.28 Å². The van der Waals surface area contributed by atoms with Crippen LogP contribution in [0.25, 0.3) is 0 Å². The molecule has 0 saturated heterocycles. The summed E-state index contributed by atoms with van der Waals surface area (Å²) in [5.41, 5.74) is 1.62. The third kappa shape index (κ3) is 4.48. The largest absolute Gasteiger partial charge is 0.377 e. The van der Waals surface area contributed by atoms with E-state index in [1.807, 2.05) is 18.2 Å². The molecule has 0 spiro atoms. The molecule has 126 valence electrons. The van der Waals surface area contributed by atoms with Gasteiger partial charge in [0.25, 0.3) is 5.91 Å². The number of carbonyl (C=O) groups is 1. The number of carbonyl (C=O) groups excluding carboxylic acids is 1. The highest BCUT2D eigenvalue weighted by Crippen LogP contribution is 2.18. The van der Waals surface area contributed by atoms with E-state index in [2.05, 4.69) is 25.6 Å². The average Bonchev–Trinajstić information content (AvgIpc) is 2.63. The van der Waals surface area contributed by atoms with Gasteiger partial charge in [-0.25, -0.2) is 14.4 Å². The number of aromatic nitrogens is 3. The Balaban J connectivity index is 1.66. The fourth-order valence-electron chi connectivity index (χ4n) is 2.07. The van der Waals surface area contributed by atoms with E-state index in [1.165, 1.54) is 24.5 Å². The van der Waals surface area contributed by atoms with Gasteiger partial charge in [-0.3, -0.25) is 9.78 Å². The monoisotopic (exact) mass is 357 g/mol. The number of halogens is 2. The van der Waals surface area contributed by atoms with Crippen molar-refractivity contribution in [1.82, 2.24) is 15.0 Å². The van der Waals surface area contributed by atoms with Crippen molar-refractivity contribution < 1.29 is 9.18 Å². The number of hydrogen-bond donors (Lipinski definition) is 2. The Bertz CT molecular complexity index is 874. The number of nitrogens with zero attached hydrogens (tertiary/aromatic N) is 3. The van der Waals surface area contributed by atoms with Gasteiger partial charge < -0.3 is 10.6 Å². The van der Waals surface area contributed by atoms with Gasteiger partial charge in [0.05, 0.1) is 36.0 Å². The Labute approximate surface area is 148 Å². The highest BCUT2D eigenvalue weighted by atomic mass is 35.5. The van der Waals surface area contributed by atoms with E-state index >= 15 is 0 Å². The van der Waals surface area contributed by atoms with Gasteiger partial charge in [-0.15, -0.1) is 0 Å². The summed E-state index contributed by atoms with van der Waals surface area (Å²) in [6.45, 7) is 0.380. The number of pyridine rings is 1. The average molecular weight is 358 g/mol. The molecular formula is C17H13ClFN5O. The van der Waals surface area contributed by atoms with Crippen LogP contribution in [0.5, 0.6) is 0 Å². The van der Waals surface area contributed by atoms with Crippen molar-refractivity contribution in [3.8, 4) is 0 Å². The molecule has 25 heavy (non-hydrogen) atoms. The first kappa shape index (κ1) is 16.8. The van der Waals surface area contributed by atoms with Crippen molar-refractivity contribution in [3.05, 3.63) is 77.3 Å². The summed E-state index contributed by atoms with van der Waals surface area (Å²) in [4.78, 5) is 23.8. The molecule has 0 unspecified atom stereocenters. The summed E-state index contributed by atoms with van der Waals surface area (Å²) in [6.07, 6.45) is 4.40. The Hall–Kier alpha value is -3.06. The molecule has 6 nitrogen and oxygen atoms in total. The summed E-state index contributed by atoms with van der Waals surface area (Å²) in [6, 6.07) is 9.69. The van der Waals surface area contributed by atoms with Crippen LogP contribution in [0.2, 0.25) is 5.28 Å². The second-order valence-corrected chi connectivity index (χ2v) is 5.40. The van der Waals surface area contributed by atoms with Crippen molar-refractivity contribution >= 4 is 28.9 Å². The Kier molecular flexibility index (Phi) is 5.15. The van der Waals surface area contributed by atoms with E-state index in [0.29, 0.717) is 12.2 Å². The maximum atomic E-state index is 14.2. The van der Waals surface area contributed by atoms with Crippen molar-refractivity contribution in [2.24, 2.45) is 0 Å². The number of nitrogens with one attached hydrogen (secondary N) is 2. The Morgan fingerprint density at radius 1 is 1.12 bits per heavy atom. The topological polar surface area (TPSA) is 79.8 Å². The molecule has 0 bridgehead atoms. The molecule has 3 rings (SSSR count). The number of hydrogen-bond acceptors (Lipinski definition) is 5. The zero-order valence-electron chi connectivity index (χ0n) is 12.9. The van der Waals surface area contributed by atoms with Gasteiger partial charge >= 0.3 is 0 Å². The summed E-state index contributed by atoms with van der Waals surface area (Å²) in [7, 11) is 0. The minimum atomic E-state index is -0.532. The third-order valence-corrected chi connectivity index (χ3v) is 3.49. The quantitative estimate of drug-likeness (QED) is 0.683. The molecule has 2 heterocycles. The molecule has 2 N–H and O–H groups in total. The van der Waals surface area contributed by atoms with Crippen LogP contribution in [0.1, 0.15) is 16.1 Å². The smallest absolute Gasteiger partial charge is 0.255 e. The van der Waals surface area contributed by atoms with E-state index in [1.54, 1.807) is 6.20 Å². The summed E-state index contributed by atoms with van der Waals surface area (Å²) >= 11 is 5.58. The molecule has 0 radical (unpaired) electrons. The molecule has 0 saturated carbocycles. The van der Waals surface area contributed by atoms with Crippen LogP contribution in [0, 0.1) is 5.82 Å². The van der Waals surface area contributed by atoms with Crippen LogP contribution in [-0.2, 0) is 6.54 Å². The molecular weight excluding hydrogens is 345 g/mol. The summed E-state index contributed by atoms with van der Waals surface area (Å²) < 4.78 is 14.2.